The zero-order valence-electron chi connectivity index (χ0n) is 15.6. The standard InChI is InChI=1S/C21H29N3O2/c1-2-16-13-23(17-4-3-5-17)10-11-24(16)21(26)19-12-18(19)14-6-8-15(9-7-14)20(22)25/h6-9,16-19H,2-5,10-13H2,1H3,(H2,22,25)/t16-,18-,19+/m0/s1. The second kappa shape index (κ2) is 7.03. The average molecular weight is 355 g/mol. The molecule has 2 N–H and O–H groups in total. The molecule has 5 nitrogen and oxygen atoms in total. The fourth-order valence-corrected chi connectivity index (χ4v) is 4.55. The average Bonchev–Trinajstić information content (AvgIpc) is 3.40. The van der Waals surface area contributed by atoms with Gasteiger partial charge >= 0.3 is 0 Å². The highest BCUT2D eigenvalue weighted by molar-refractivity contribution is 5.92. The minimum Gasteiger partial charge on any atom is -0.366 e. The molecule has 1 saturated heterocycles. The van der Waals surface area contributed by atoms with Crippen molar-refractivity contribution >= 4 is 11.8 Å². The Labute approximate surface area is 155 Å². The van der Waals surface area contributed by atoms with Crippen molar-refractivity contribution in [2.45, 2.75) is 57.0 Å². The molecule has 2 aliphatic carbocycles. The van der Waals surface area contributed by atoms with Gasteiger partial charge in [-0.3, -0.25) is 14.5 Å². The SMILES string of the molecule is CC[C@H]1CN(C2CCC2)CCN1C(=O)[C@@H]1C[C@H]1c1ccc(C(N)=O)cc1. The van der Waals surface area contributed by atoms with Gasteiger partial charge in [0, 0.05) is 43.2 Å². The van der Waals surface area contributed by atoms with E-state index in [4.69, 9.17) is 5.73 Å². The fourth-order valence-electron chi connectivity index (χ4n) is 4.55. The van der Waals surface area contributed by atoms with Gasteiger partial charge in [-0.25, -0.2) is 0 Å². The van der Waals surface area contributed by atoms with Crippen molar-refractivity contribution in [2.24, 2.45) is 11.7 Å². The maximum atomic E-state index is 13.1. The van der Waals surface area contributed by atoms with Crippen LogP contribution in [0.2, 0.25) is 0 Å². The zero-order chi connectivity index (χ0) is 18.3. The molecular weight excluding hydrogens is 326 g/mol. The number of rotatable bonds is 5. The van der Waals surface area contributed by atoms with Gasteiger partial charge in [-0.15, -0.1) is 0 Å². The maximum absolute atomic E-state index is 13.1. The van der Waals surface area contributed by atoms with Crippen LogP contribution in [-0.4, -0.2) is 53.3 Å². The van der Waals surface area contributed by atoms with Gasteiger partial charge in [-0.2, -0.15) is 0 Å². The summed E-state index contributed by atoms with van der Waals surface area (Å²) in [5.74, 6) is 0.328. The molecule has 0 spiro atoms. The van der Waals surface area contributed by atoms with E-state index in [0.717, 1.165) is 44.1 Å². The Kier molecular flexibility index (Phi) is 4.74. The van der Waals surface area contributed by atoms with Crippen LogP contribution in [0.1, 0.15) is 60.9 Å². The van der Waals surface area contributed by atoms with Gasteiger partial charge in [-0.1, -0.05) is 25.5 Å². The van der Waals surface area contributed by atoms with Gasteiger partial charge in [0.25, 0.3) is 0 Å². The summed E-state index contributed by atoms with van der Waals surface area (Å²) in [7, 11) is 0. The first kappa shape index (κ1) is 17.5. The van der Waals surface area contributed by atoms with Crippen LogP contribution in [-0.2, 0) is 4.79 Å². The van der Waals surface area contributed by atoms with Crippen molar-refractivity contribution in [1.82, 2.24) is 9.80 Å². The first-order valence-corrected chi connectivity index (χ1v) is 10.0. The Balaban J connectivity index is 1.38. The molecule has 3 fully saturated rings. The third-order valence-corrected chi connectivity index (χ3v) is 6.59. The predicted octanol–water partition coefficient (Wildman–Crippen LogP) is 2.36. The third kappa shape index (κ3) is 3.25. The second-order valence-electron chi connectivity index (χ2n) is 8.11. The minimum atomic E-state index is -0.407. The van der Waals surface area contributed by atoms with Gasteiger partial charge in [0.2, 0.25) is 11.8 Å². The molecule has 2 amide bonds. The summed E-state index contributed by atoms with van der Waals surface area (Å²) in [6.45, 7) is 5.13. The van der Waals surface area contributed by atoms with E-state index in [1.165, 1.54) is 19.3 Å². The molecule has 4 rings (SSSR count). The van der Waals surface area contributed by atoms with Crippen molar-refractivity contribution in [1.29, 1.82) is 0 Å². The Morgan fingerprint density at radius 3 is 2.46 bits per heavy atom. The molecule has 0 aromatic heterocycles. The number of amides is 2. The Morgan fingerprint density at radius 1 is 1.15 bits per heavy atom. The van der Waals surface area contributed by atoms with E-state index < -0.39 is 5.91 Å². The molecule has 1 aromatic rings. The number of benzene rings is 1. The van der Waals surface area contributed by atoms with E-state index in [-0.39, 0.29) is 5.92 Å². The van der Waals surface area contributed by atoms with Crippen LogP contribution < -0.4 is 5.73 Å². The number of hydrogen-bond donors (Lipinski definition) is 1. The number of hydrogen-bond acceptors (Lipinski definition) is 3. The highest BCUT2D eigenvalue weighted by Crippen LogP contribution is 2.49. The Hall–Kier alpha value is -1.88. The zero-order valence-corrected chi connectivity index (χ0v) is 15.6. The summed E-state index contributed by atoms with van der Waals surface area (Å²) in [5, 5.41) is 0. The van der Waals surface area contributed by atoms with Crippen LogP contribution >= 0.6 is 0 Å². The number of nitrogens with two attached hydrogens (primary N) is 1. The van der Waals surface area contributed by atoms with Crippen LogP contribution in [0, 0.1) is 5.92 Å². The Morgan fingerprint density at radius 2 is 1.88 bits per heavy atom. The summed E-state index contributed by atoms with van der Waals surface area (Å²) in [5.41, 5.74) is 6.97. The lowest BCUT2D eigenvalue weighted by atomic mass is 9.90. The van der Waals surface area contributed by atoms with E-state index in [1.54, 1.807) is 12.1 Å². The normalized spacial score (nSPS) is 29.3. The van der Waals surface area contributed by atoms with Crippen LogP contribution in [0.3, 0.4) is 0 Å². The fraction of sp³-hybridized carbons (Fsp3) is 0.619. The second-order valence-corrected chi connectivity index (χ2v) is 8.11. The highest BCUT2D eigenvalue weighted by atomic mass is 16.2. The van der Waals surface area contributed by atoms with E-state index in [2.05, 4.69) is 16.7 Å². The molecule has 2 saturated carbocycles. The molecule has 26 heavy (non-hydrogen) atoms. The van der Waals surface area contributed by atoms with E-state index in [0.29, 0.717) is 23.4 Å². The highest BCUT2D eigenvalue weighted by Gasteiger charge is 2.47. The summed E-state index contributed by atoms with van der Waals surface area (Å²) in [4.78, 5) is 29.0. The Bertz CT molecular complexity index is 683. The van der Waals surface area contributed by atoms with Gasteiger partial charge in [0.05, 0.1) is 0 Å². The van der Waals surface area contributed by atoms with Crippen LogP contribution in [0.15, 0.2) is 24.3 Å². The topological polar surface area (TPSA) is 66.6 Å². The van der Waals surface area contributed by atoms with E-state index >= 15 is 0 Å². The summed E-state index contributed by atoms with van der Waals surface area (Å²) < 4.78 is 0. The van der Waals surface area contributed by atoms with E-state index in [1.807, 2.05) is 12.1 Å². The molecule has 0 bridgehead atoms. The summed E-state index contributed by atoms with van der Waals surface area (Å²) in [6.07, 6.45) is 5.97. The minimum absolute atomic E-state index is 0.110. The summed E-state index contributed by atoms with van der Waals surface area (Å²) in [6, 6.07) is 8.55. The maximum Gasteiger partial charge on any atom is 0.248 e. The smallest absolute Gasteiger partial charge is 0.248 e. The lowest BCUT2D eigenvalue weighted by Crippen LogP contribution is -2.58. The molecule has 1 heterocycles. The van der Waals surface area contributed by atoms with Crippen molar-refractivity contribution in [3.63, 3.8) is 0 Å². The quantitative estimate of drug-likeness (QED) is 0.882. The van der Waals surface area contributed by atoms with Gasteiger partial charge in [-0.05, 0) is 49.3 Å². The number of primary amides is 1. The number of piperazine rings is 1. The number of carbonyl (C=O) groups excluding carboxylic acids is 2. The third-order valence-electron chi connectivity index (χ3n) is 6.59. The molecule has 3 atom stereocenters. The monoisotopic (exact) mass is 355 g/mol. The van der Waals surface area contributed by atoms with Crippen LogP contribution in [0.5, 0.6) is 0 Å². The first-order valence-electron chi connectivity index (χ1n) is 10.0. The largest absolute Gasteiger partial charge is 0.366 e. The molecular formula is C21H29N3O2. The van der Waals surface area contributed by atoms with E-state index in [9.17, 15) is 9.59 Å². The number of carbonyl (C=O) groups is 2. The van der Waals surface area contributed by atoms with Gasteiger partial charge in [0.1, 0.15) is 0 Å². The number of nitrogens with zero attached hydrogens (tertiary/aromatic N) is 2. The van der Waals surface area contributed by atoms with Crippen molar-refractivity contribution < 1.29 is 9.59 Å². The lowest BCUT2D eigenvalue weighted by Gasteiger charge is -2.47. The lowest BCUT2D eigenvalue weighted by molar-refractivity contribution is -0.138. The molecule has 140 valence electrons. The van der Waals surface area contributed by atoms with Crippen LogP contribution in [0.4, 0.5) is 0 Å². The molecule has 0 radical (unpaired) electrons. The summed E-state index contributed by atoms with van der Waals surface area (Å²) >= 11 is 0. The first-order chi connectivity index (χ1) is 12.6. The van der Waals surface area contributed by atoms with Crippen LogP contribution in [0.25, 0.3) is 0 Å². The molecule has 0 unspecified atom stereocenters. The van der Waals surface area contributed by atoms with Gasteiger partial charge < -0.3 is 10.6 Å². The van der Waals surface area contributed by atoms with Crippen molar-refractivity contribution in [3.8, 4) is 0 Å². The molecule has 1 aliphatic heterocycles. The molecule has 5 heteroatoms. The van der Waals surface area contributed by atoms with Crippen molar-refractivity contribution in [3.05, 3.63) is 35.4 Å². The predicted molar refractivity (Wildman–Crippen MR) is 101 cm³/mol. The molecule has 3 aliphatic rings. The van der Waals surface area contributed by atoms with Gasteiger partial charge in [0.15, 0.2) is 0 Å². The molecule has 1 aromatic carbocycles. The van der Waals surface area contributed by atoms with Crippen molar-refractivity contribution in [2.75, 3.05) is 19.6 Å².